The van der Waals surface area contributed by atoms with Crippen LogP contribution >= 0.6 is 11.6 Å². The van der Waals surface area contributed by atoms with Gasteiger partial charge in [0.15, 0.2) is 9.04 Å². The third-order valence-electron chi connectivity index (χ3n) is 2.63. The van der Waals surface area contributed by atoms with Crippen molar-refractivity contribution < 1.29 is 9.22 Å². The normalized spacial score (nSPS) is 13.7. The lowest BCUT2D eigenvalue weighted by atomic mass is 9.84. The second kappa shape index (κ2) is 6.00. The van der Waals surface area contributed by atoms with E-state index in [2.05, 4.69) is 33.9 Å². The molecule has 1 aromatic rings. The number of benzene rings is 1. The Balaban J connectivity index is 3.23. The van der Waals surface area contributed by atoms with Crippen LogP contribution in [0.2, 0.25) is 18.1 Å². The van der Waals surface area contributed by atoms with E-state index in [4.69, 9.17) is 16.0 Å². The van der Waals surface area contributed by atoms with Gasteiger partial charge in [0.1, 0.15) is 6.29 Å². The molecule has 0 aliphatic heterocycles. The molecular formula is C14H21ClO2Si. The molecule has 0 aliphatic rings. The first-order chi connectivity index (χ1) is 8.25. The first-order valence-electron chi connectivity index (χ1n) is 6.15. The maximum atomic E-state index is 10.9. The van der Waals surface area contributed by atoms with Gasteiger partial charge in [-0.25, -0.2) is 0 Å². The summed E-state index contributed by atoms with van der Waals surface area (Å²) in [5.41, 5.74) is 1.50. The van der Waals surface area contributed by atoms with Crippen LogP contribution in [0.3, 0.4) is 0 Å². The number of hydrogen-bond acceptors (Lipinski definition) is 2. The molecule has 0 saturated heterocycles. The van der Waals surface area contributed by atoms with Crippen LogP contribution in [0.1, 0.15) is 42.8 Å². The van der Waals surface area contributed by atoms with E-state index >= 15 is 0 Å². The van der Waals surface area contributed by atoms with Crippen molar-refractivity contribution in [3.63, 3.8) is 0 Å². The zero-order valence-corrected chi connectivity index (χ0v) is 13.6. The summed E-state index contributed by atoms with van der Waals surface area (Å²) in [5.74, 6) is 0. The van der Waals surface area contributed by atoms with Gasteiger partial charge >= 0.3 is 0 Å². The molecule has 0 bridgehead atoms. The van der Waals surface area contributed by atoms with Gasteiger partial charge in [-0.3, -0.25) is 4.79 Å². The molecule has 1 atom stereocenters. The highest BCUT2D eigenvalue weighted by molar-refractivity contribution is 6.48. The molecule has 0 aliphatic carbocycles. The number of rotatable bonds is 4. The van der Waals surface area contributed by atoms with Gasteiger partial charge in [0, 0.05) is 10.6 Å². The minimum atomic E-state index is -1.19. The maximum absolute atomic E-state index is 10.9. The van der Waals surface area contributed by atoms with Crippen LogP contribution in [0, 0.1) is 5.41 Å². The van der Waals surface area contributed by atoms with Gasteiger partial charge < -0.3 is 4.43 Å². The largest absolute Gasteiger partial charge is 0.413 e. The van der Waals surface area contributed by atoms with Gasteiger partial charge in [-0.15, -0.1) is 0 Å². The summed E-state index contributed by atoms with van der Waals surface area (Å²) in [5, 5.41) is 0.662. The third-order valence-corrected chi connectivity index (χ3v) is 3.79. The van der Waals surface area contributed by atoms with Crippen molar-refractivity contribution in [1.29, 1.82) is 0 Å². The SMILES string of the molecule is C[SiH](C)OC(c1cc(C=O)ccc1Cl)C(C)(C)C. The Morgan fingerprint density at radius 2 is 1.94 bits per heavy atom. The molecule has 0 radical (unpaired) electrons. The van der Waals surface area contributed by atoms with Gasteiger partial charge in [-0.1, -0.05) is 38.4 Å². The molecule has 18 heavy (non-hydrogen) atoms. The summed E-state index contributed by atoms with van der Waals surface area (Å²) in [6.45, 7) is 10.6. The summed E-state index contributed by atoms with van der Waals surface area (Å²) >= 11 is 6.26. The van der Waals surface area contributed by atoms with E-state index in [1.165, 1.54) is 0 Å². The molecule has 0 aromatic heterocycles. The minimum Gasteiger partial charge on any atom is -0.413 e. The van der Waals surface area contributed by atoms with Crippen molar-refractivity contribution in [2.75, 3.05) is 0 Å². The average Bonchev–Trinajstić information content (AvgIpc) is 2.25. The first-order valence-corrected chi connectivity index (χ1v) is 9.31. The molecular weight excluding hydrogens is 264 g/mol. The van der Waals surface area contributed by atoms with E-state index in [1.807, 2.05) is 6.07 Å². The third kappa shape index (κ3) is 3.94. The van der Waals surface area contributed by atoms with Crippen LogP contribution in [0.25, 0.3) is 0 Å². The molecule has 2 nitrogen and oxygen atoms in total. The highest BCUT2D eigenvalue weighted by Gasteiger charge is 2.29. The van der Waals surface area contributed by atoms with Crippen molar-refractivity contribution in [1.82, 2.24) is 0 Å². The lowest BCUT2D eigenvalue weighted by Crippen LogP contribution is -2.26. The summed E-state index contributed by atoms with van der Waals surface area (Å²) in [7, 11) is -1.19. The fourth-order valence-electron chi connectivity index (χ4n) is 1.85. The molecule has 0 amide bonds. The number of carbonyl (C=O) groups excluding carboxylic acids is 1. The summed E-state index contributed by atoms with van der Waals surface area (Å²) in [6.07, 6.45) is 0.767. The van der Waals surface area contributed by atoms with Crippen LogP contribution in [0.4, 0.5) is 0 Å². The predicted molar refractivity (Wildman–Crippen MR) is 79.0 cm³/mol. The van der Waals surface area contributed by atoms with Crippen LogP contribution in [0.15, 0.2) is 18.2 Å². The molecule has 0 spiro atoms. The number of hydrogen-bond donors (Lipinski definition) is 0. The Labute approximate surface area is 116 Å². The smallest absolute Gasteiger partial charge is 0.171 e. The molecule has 4 heteroatoms. The zero-order chi connectivity index (χ0) is 13.9. The van der Waals surface area contributed by atoms with E-state index in [9.17, 15) is 4.79 Å². The Kier molecular flexibility index (Phi) is 5.14. The first kappa shape index (κ1) is 15.4. The summed E-state index contributed by atoms with van der Waals surface area (Å²) in [6, 6.07) is 5.33. The number of halogens is 1. The molecule has 100 valence electrons. The second-order valence-electron chi connectivity index (χ2n) is 5.83. The molecule has 0 fully saturated rings. The lowest BCUT2D eigenvalue weighted by Gasteiger charge is -2.33. The van der Waals surface area contributed by atoms with Crippen LogP contribution < -0.4 is 0 Å². The molecule has 0 saturated carbocycles. The van der Waals surface area contributed by atoms with E-state index in [0.717, 1.165) is 11.8 Å². The molecule has 0 N–H and O–H groups in total. The number of carbonyl (C=O) groups is 1. The van der Waals surface area contributed by atoms with Gasteiger partial charge in [0.05, 0.1) is 6.10 Å². The second-order valence-corrected chi connectivity index (χ2v) is 8.61. The van der Waals surface area contributed by atoms with E-state index in [1.54, 1.807) is 12.1 Å². The monoisotopic (exact) mass is 284 g/mol. The Bertz CT molecular complexity index is 424. The number of aldehydes is 1. The summed E-state index contributed by atoms with van der Waals surface area (Å²) < 4.78 is 6.12. The van der Waals surface area contributed by atoms with Gasteiger partial charge in [-0.2, -0.15) is 0 Å². The quantitative estimate of drug-likeness (QED) is 0.611. The fraction of sp³-hybridized carbons (Fsp3) is 0.500. The minimum absolute atomic E-state index is 0.0532. The van der Waals surface area contributed by atoms with Crippen LogP contribution in [-0.2, 0) is 4.43 Å². The Hall–Kier alpha value is -0.643. The molecule has 1 rings (SSSR count). The van der Waals surface area contributed by atoms with Crippen molar-refractivity contribution >= 4 is 26.9 Å². The topological polar surface area (TPSA) is 26.3 Å². The predicted octanol–water partition coefficient (Wildman–Crippen LogP) is 4.24. The van der Waals surface area contributed by atoms with Gasteiger partial charge in [-0.05, 0) is 36.2 Å². The Morgan fingerprint density at radius 1 is 1.33 bits per heavy atom. The van der Waals surface area contributed by atoms with E-state index in [-0.39, 0.29) is 11.5 Å². The highest BCUT2D eigenvalue weighted by Crippen LogP contribution is 2.39. The van der Waals surface area contributed by atoms with Crippen molar-refractivity contribution in [3.8, 4) is 0 Å². The van der Waals surface area contributed by atoms with Crippen molar-refractivity contribution in [2.45, 2.75) is 40.0 Å². The van der Waals surface area contributed by atoms with Crippen molar-refractivity contribution in [2.24, 2.45) is 5.41 Å². The summed E-state index contributed by atoms with van der Waals surface area (Å²) in [4.78, 5) is 10.9. The van der Waals surface area contributed by atoms with E-state index in [0.29, 0.717) is 10.6 Å². The van der Waals surface area contributed by atoms with Crippen LogP contribution in [-0.4, -0.2) is 15.3 Å². The zero-order valence-electron chi connectivity index (χ0n) is 11.7. The standard InChI is InChI=1S/C14H21ClO2Si/c1-14(2,3)13(17-18(4)5)11-8-10(9-16)6-7-12(11)15/h6-9,13,18H,1-5H3. The Morgan fingerprint density at radius 3 is 2.39 bits per heavy atom. The van der Waals surface area contributed by atoms with Gasteiger partial charge in [0.25, 0.3) is 0 Å². The van der Waals surface area contributed by atoms with Crippen molar-refractivity contribution in [3.05, 3.63) is 34.3 Å². The molecule has 1 aromatic carbocycles. The maximum Gasteiger partial charge on any atom is 0.171 e. The molecule has 0 heterocycles. The van der Waals surface area contributed by atoms with Crippen LogP contribution in [0.5, 0.6) is 0 Å². The average molecular weight is 285 g/mol. The fourth-order valence-corrected chi connectivity index (χ4v) is 3.17. The molecule has 1 unspecified atom stereocenters. The van der Waals surface area contributed by atoms with Gasteiger partial charge in [0.2, 0.25) is 0 Å². The lowest BCUT2D eigenvalue weighted by molar-refractivity contribution is 0.0865. The van der Waals surface area contributed by atoms with E-state index < -0.39 is 9.04 Å². The highest BCUT2D eigenvalue weighted by atomic mass is 35.5.